The highest BCUT2D eigenvalue weighted by Gasteiger charge is 2.15. The van der Waals surface area contributed by atoms with Crippen LogP contribution in [0.1, 0.15) is 40.3 Å². The van der Waals surface area contributed by atoms with Crippen LogP contribution in [0.15, 0.2) is 36.4 Å². The quantitative estimate of drug-likeness (QED) is 0.870. The van der Waals surface area contributed by atoms with Crippen LogP contribution in [0.3, 0.4) is 0 Å². The number of hydrogen-bond acceptors (Lipinski definition) is 1. The van der Waals surface area contributed by atoms with E-state index in [1.165, 1.54) is 36.1 Å². The minimum Gasteiger partial charge on any atom is -0.320 e. The van der Waals surface area contributed by atoms with Crippen molar-refractivity contribution in [3.05, 3.63) is 70.0 Å². The van der Waals surface area contributed by atoms with E-state index in [2.05, 4.69) is 18.2 Å². The number of halogens is 1. The van der Waals surface area contributed by atoms with Crippen molar-refractivity contribution < 1.29 is 4.39 Å². The van der Waals surface area contributed by atoms with E-state index in [1.54, 1.807) is 0 Å². The van der Waals surface area contributed by atoms with E-state index < -0.39 is 0 Å². The van der Waals surface area contributed by atoms with Crippen molar-refractivity contribution in [3.8, 4) is 0 Å². The van der Waals surface area contributed by atoms with Gasteiger partial charge in [0.25, 0.3) is 0 Å². The molecule has 0 aromatic heterocycles. The second-order valence-electron chi connectivity index (χ2n) is 5.42. The van der Waals surface area contributed by atoms with Gasteiger partial charge in [-0.1, -0.05) is 24.3 Å². The van der Waals surface area contributed by atoms with Gasteiger partial charge in [-0.2, -0.15) is 0 Å². The average molecular weight is 255 g/mol. The van der Waals surface area contributed by atoms with E-state index in [0.717, 1.165) is 23.1 Å². The zero-order chi connectivity index (χ0) is 13.4. The zero-order valence-electron chi connectivity index (χ0n) is 11.1. The molecule has 1 unspecified atom stereocenters. The number of benzene rings is 2. The van der Waals surface area contributed by atoms with Crippen molar-refractivity contribution in [2.75, 3.05) is 0 Å². The maximum absolute atomic E-state index is 13.5. The Kier molecular flexibility index (Phi) is 3.11. The molecule has 1 aliphatic carbocycles. The molecule has 98 valence electrons. The molecule has 3 rings (SSSR count). The van der Waals surface area contributed by atoms with Crippen LogP contribution in [0.2, 0.25) is 0 Å². The molecule has 2 aromatic carbocycles. The molecule has 0 saturated heterocycles. The third kappa shape index (κ3) is 2.41. The fraction of sp³-hybridized carbons (Fsp3) is 0.294. The second-order valence-corrected chi connectivity index (χ2v) is 5.42. The van der Waals surface area contributed by atoms with Crippen LogP contribution < -0.4 is 5.73 Å². The molecule has 0 saturated carbocycles. The van der Waals surface area contributed by atoms with E-state index in [-0.39, 0.29) is 11.9 Å². The largest absolute Gasteiger partial charge is 0.320 e. The second kappa shape index (κ2) is 4.78. The number of rotatable bonds is 2. The minimum absolute atomic E-state index is 0.216. The molecule has 1 atom stereocenters. The molecule has 2 N–H and O–H groups in total. The maximum Gasteiger partial charge on any atom is 0.123 e. The van der Waals surface area contributed by atoms with Gasteiger partial charge < -0.3 is 5.73 Å². The maximum atomic E-state index is 13.5. The smallest absolute Gasteiger partial charge is 0.123 e. The molecule has 0 amide bonds. The number of aryl methyl sites for hydroxylation is 3. The van der Waals surface area contributed by atoms with Crippen molar-refractivity contribution >= 4 is 0 Å². The van der Waals surface area contributed by atoms with E-state index in [4.69, 9.17) is 5.73 Å². The summed E-state index contributed by atoms with van der Waals surface area (Å²) in [5, 5.41) is 0. The lowest BCUT2D eigenvalue weighted by Crippen LogP contribution is -2.12. The topological polar surface area (TPSA) is 26.0 Å². The van der Waals surface area contributed by atoms with Crippen LogP contribution in [0.25, 0.3) is 0 Å². The Morgan fingerprint density at radius 2 is 1.79 bits per heavy atom. The third-order valence-electron chi connectivity index (χ3n) is 3.91. The highest BCUT2D eigenvalue weighted by molar-refractivity contribution is 5.40. The predicted octanol–water partition coefficient (Wildman–Crippen LogP) is 3.67. The van der Waals surface area contributed by atoms with Gasteiger partial charge in [0.15, 0.2) is 0 Å². The number of hydrogen-bond donors (Lipinski definition) is 1. The average Bonchev–Trinajstić information content (AvgIpc) is 2.83. The van der Waals surface area contributed by atoms with Crippen LogP contribution in [0.4, 0.5) is 4.39 Å². The normalized spacial score (nSPS) is 15.3. The highest BCUT2D eigenvalue weighted by atomic mass is 19.1. The first-order chi connectivity index (χ1) is 9.13. The predicted molar refractivity (Wildman–Crippen MR) is 75.6 cm³/mol. The van der Waals surface area contributed by atoms with Crippen molar-refractivity contribution in [1.29, 1.82) is 0 Å². The molecule has 0 spiro atoms. The molecule has 19 heavy (non-hydrogen) atoms. The molecule has 1 aliphatic rings. The first-order valence-corrected chi connectivity index (χ1v) is 6.78. The van der Waals surface area contributed by atoms with Gasteiger partial charge in [0.1, 0.15) is 5.82 Å². The van der Waals surface area contributed by atoms with Crippen LogP contribution in [0, 0.1) is 12.7 Å². The Labute approximate surface area is 113 Å². The standard InChI is InChI=1S/C17H18FN/c1-11-7-15(10-16(18)8-11)17(19)14-6-5-12-3-2-4-13(12)9-14/h5-10,17H,2-4,19H2,1H3. The van der Waals surface area contributed by atoms with Gasteiger partial charge in [0.2, 0.25) is 0 Å². The molecular weight excluding hydrogens is 237 g/mol. The summed E-state index contributed by atoms with van der Waals surface area (Å²) < 4.78 is 13.5. The van der Waals surface area contributed by atoms with Crippen LogP contribution >= 0.6 is 0 Å². The highest BCUT2D eigenvalue weighted by Crippen LogP contribution is 2.27. The Morgan fingerprint density at radius 1 is 1.00 bits per heavy atom. The zero-order valence-corrected chi connectivity index (χ0v) is 11.1. The molecule has 0 fully saturated rings. The lowest BCUT2D eigenvalue weighted by Gasteiger charge is -2.15. The molecule has 0 aliphatic heterocycles. The summed E-state index contributed by atoms with van der Waals surface area (Å²) in [5.74, 6) is -0.216. The summed E-state index contributed by atoms with van der Waals surface area (Å²) in [7, 11) is 0. The van der Waals surface area contributed by atoms with Crippen molar-refractivity contribution in [1.82, 2.24) is 0 Å². The third-order valence-corrected chi connectivity index (χ3v) is 3.91. The van der Waals surface area contributed by atoms with Gasteiger partial charge in [-0.3, -0.25) is 0 Å². The van der Waals surface area contributed by atoms with E-state index >= 15 is 0 Å². The molecule has 1 nitrogen and oxygen atoms in total. The molecule has 0 radical (unpaired) electrons. The Bertz CT molecular complexity index is 598. The van der Waals surface area contributed by atoms with E-state index in [0.29, 0.717) is 0 Å². The van der Waals surface area contributed by atoms with Crippen molar-refractivity contribution in [3.63, 3.8) is 0 Å². The lowest BCUT2D eigenvalue weighted by atomic mass is 9.95. The van der Waals surface area contributed by atoms with Crippen molar-refractivity contribution in [2.45, 2.75) is 32.2 Å². The van der Waals surface area contributed by atoms with Gasteiger partial charge in [0.05, 0.1) is 6.04 Å². The van der Waals surface area contributed by atoms with Crippen LogP contribution in [0.5, 0.6) is 0 Å². The van der Waals surface area contributed by atoms with Crippen molar-refractivity contribution in [2.24, 2.45) is 5.73 Å². The van der Waals surface area contributed by atoms with E-state index in [9.17, 15) is 4.39 Å². The summed E-state index contributed by atoms with van der Waals surface area (Å²) in [6, 6.07) is 11.2. The first-order valence-electron chi connectivity index (χ1n) is 6.78. The summed E-state index contributed by atoms with van der Waals surface area (Å²) in [5.41, 5.74) is 11.9. The lowest BCUT2D eigenvalue weighted by molar-refractivity contribution is 0.622. The van der Waals surface area contributed by atoms with E-state index in [1.807, 2.05) is 13.0 Å². The summed E-state index contributed by atoms with van der Waals surface area (Å²) in [6.07, 6.45) is 3.54. The monoisotopic (exact) mass is 255 g/mol. The fourth-order valence-electron chi connectivity index (χ4n) is 2.92. The van der Waals surface area contributed by atoms with Crippen LogP contribution in [-0.4, -0.2) is 0 Å². The summed E-state index contributed by atoms with van der Waals surface area (Å²) >= 11 is 0. The number of fused-ring (bicyclic) bond motifs is 1. The first kappa shape index (κ1) is 12.4. The minimum atomic E-state index is -0.250. The fourth-order valence-corrected chi connectivity index (χ4v) is 2.92. The number of nitrogens with two attached hydrogens (primary N) is 1. The van der Waals surface area contributed by atoms with Gasteiger partial charge in [-0.25, -0.2) is 4.39 Å². The Balaban J connectivity index is 1.97. The van der Waals surface area contributed by atoms with Gasteiger partial charge in [-0.15, -0.1) is 0 Å². The Morgan fingerprint density at radius 3 is 2.58 bits per heavy atom. The van der Waals surface area contributed by atoms with Gasteiger partial charge in [0, 0.05) is 0 Å². The van der Waals surface area contributed by atoms with Crippen LogP contribution in [-0.2, 0) is 12.8 Å². The van der Waals surface area contributed by atoms with Gasteiger partial charge >= 0.3 is 0 Å². The van der Waals surface area contributed by atoms with Gasteiger partial charge in [-0.05, 0) is 66.1 Å². The molecular formula is C17H18FN. The molecule has 2 aromatic rings. The summed E-state index contributed by atoms with van der Waals surface area (Å²) in [4.78, 5) is 0. The summed E-state index contributed by atoms with van der Waals surface area (Å²) in [6.45, 7) is 1.89. The SMILES string of the molecule is Cc1cc(F)cc(C(N)c2ccc3c(c2)CCC3)c1. The molecule has 0 heterocycles. The molecule has 2 heteroatoms. The Hall–Kier alpha value is -1.67. The molecule has 0 bridgehead atoms.